The molecule has 2 N–H and O–H groups in total. The Morgan fingerprint density at radius 2 is 1.05 bits per heavy atom. The van der Waals surface area contributed by atoms with E-state index in [2.05, 4.69) is 59.2 Å². The lowest BCUT2D eigenvalue weighted by Gasteiger charge is -2.13. The molecule has 4 heteroatoms. The van der Waals surface area contributed by atoms with Gasteiger partial charge in [0, 0.05) is 13.1 Å². The van der Waals surface area contributed by atoms with Crippen LogP contribution in [0, 0.1) is 0 Å². The molecule has 2 rings (SSSR count). The Hall–Kier alpha value is -1.78. The van der Waals surface area contributed by atoms with Crippen LogP contribution < -0.4 is 10.6 Å². The monoisotopic (exact) mass is 314 g/mol. The molecule has 2 aromatic carbocycles. The minimum absolute atomic E-state index is 0.764. The molecule has 0 atom stereocenters. The first-order chi connectivity index (χ1) is 10.3. The van der Waals surface area contributed by atoms with Gasteiger partial charge in [0.15, 0.2) is 0 Å². The molecule has 0 spiro atoms. The SMILES string of the molecule is S=CNCc1ccccc1Cc1ccccc1CNC=S. The number of rotatable bonds is 8. The molecule has 0 bridgehead atoms. The van der Waals surface area contributed by atoms with Crippen LogP contribution in [-0.2, 0) is 19.5 Å². The fourth-order valence-electron chi connectivity index (χ4n) is 2.31. The van der Waals surface area contributed by atoms with Gasteiger partial charge in [-0.3, -0.25) is 0 Å². The second-order valence-electron chi connectivity index (χ2n) is 4.71. The van der Waals surface area contributed by atoms with Crippen molar-refractivity contribution >= 4 is 35.4 Å². The molecule has 0 heterocycles. The third-order valence-electron chi connectivity index (χ3n) is 3.37. The number of thiocarbonyl (C=S) groups is 2. The summed E-state index contributed by atoms with van der Waals surface area (Å²) in [7, 11) is 0. The third kappa shape index (κ3) is 4.62. The van der Waals surface area contributed by atoms with Crippen molar-refractivity contribution < 1.29 is 0 Å². The lowest BCUT2D eigenvalue weighted by molar-refractivity contribution is 0.901. The van der Waals surface area contributed by atoms with E-state index in [-0.39, 0.29) is 0 Å². The van der Waals surface area contributed by atoms with Crippen LogP contribution in [0.3, 0.4) is 0 Å². The Kier molecular flexibility index (Phi) is 6.31. The second-order valence-corrected chi connectivity index (χ2v) is 5.18. The largest absolute Gasteiger partial charge is 0.378 e. The number of hydrogen-bond acceptors (Lipinski definition) is 2. The predicted octanol–water partition coefficient (Wildman–Crippen LogP) is 3.37. The lowest BCUT2D eigenvalue weighted by atomic mass is 9.96. The van der Waals surface area contributed by atoms with Crippen molar-refractivity contribution in [1.82, 2.24) is 10.6 Å². The van der Waals surface area contributed by atoms with Crippen LogP contribution in [0.2, 0.25) is 0 Å². The van der Waals surface area contributed by atoms with E-state index in [0.29, 0.717) is 0 Å². The molecule has 0 saturated heterocycles. The van der Waals surface area contributed by atoms with Gasteiger partial charge in [-0.25, -0.2) is 0 Å². The smallest absolute Gasteiger partial charge is 0.0617 e. The van der Waals surface area contributed by atoms with Gasteiger partial charge in [0.2, 0.25) is 0 Å². The fourth-order valence-corrected chi connectivity index (χ4v) is 2.48. The van der Waals surface area contributed by atoms with Crippen LogP contribution in [0.25, 0.3) is 0 Å². The van der Waals surface area contributed by atoms with Gasteiger partial charge in [-0.05, 0) is 28.7 Å². The molecular formula is C17H18N2S2. The van der Waals surface area contributed by atoms with Gasteiger partial charge in [0.1, 0.15) is 0 Å². The lowest BCUT2D eigenvalue weighted by Crippen LogP contribution is -2.12. The first kappa shape index (κ1) is 15.6. The van der Waals surface area contributed by atoms with E-state index in [0.717, 1.165) is 19.5 Å². The molecular weight excluding hydrogens is 296 g/mol. The summed E-state index contributed by atoms with van der Waals surface area (Å²) in [5.74, 6) is 0. The van der Waals surface area contributed by atoms with Gasteiger partial charge in [-0.15, -0.1) is 0 Å². The molecule has 2 nitrogen and oxygen atoms in total. The summed E-state index contributed by atoms with van der Waals surface area (Å²) in [6, 6.07) is 16.9. The quantitative estimate of drug-likeness (QED) is 0.730. The van der Waals surface area contributed by atoms with E-state index >= 15 is 0 Å². The van der Waals surface area contributed by atoms with Crippen molar-refractivity contribution in [3.63, 3.8) is 0 Å². The van der Waals surface area contributed by atoms with E-state index < -0.39 is 0 Å². The van der Waals surface area contributed by atoms with Gasteiger partial charge in [-0.2, -0.15) is 0 Å². The molecule has 21 heavy (non-hydrogen) atoms. The first-order valence-electron chi connectivity index (χ1n) is 6.82. The van der Waals surface area contributed by atoms with Crippen LogP contribution in [0.5, 0.6) is 0 Å². The molecule has 0 fully saturated rings. The zero-order valence-corrected chi connectivity index (χ0v) is 13.3. The van der Waals surface area contributed by atoms with Crippen LogP contribution in [0.4, 0.5) is 0 Å². The minimum atomic E-state index is 0.764. The van der Waals surface area contributed by atoms with Crippen LogP contribution in [-0.4, -0.2) is 11.0 Å². The molecule has 0 aromatic heterocycles. The maximum Gasteiger partial charge on any atom is 0.0617 e. The zero-order chi connectivity index (χ0) is 14.9. The highest BCUT2D eigenvalue weighted by atomic mass is 32.1. The van der Waals surface area contributed by atoms with E-state index in [1.807, 2.05) is 0 Å². The van der Waals surface area contributed by atoms with E-state index in [4.69, 9.17) is 24.4 Å². The molecule has 0 amide bonds. The van der Waals surface area contributed by atoms with Crippen LogP contribution in [0.1, 0.15) is 22.3 Å². The topological polar surface area (TPSA) is 24.1 Å². The molecule has 0 saturated carbocycles. The second kappa shape index (κ2) is 8.49. The van der Waals surface area contributed by atoms with E-state index in [1.54, 1.807) is 11.0 Å². The van der Waals surface area contributed by atoms with E-state index in [9.17, 15) is 0 Å². The Balaban J connectivity index is 2.21. The summed E-state index contributed by atoms with van der Waals surface area (Å²) in [6.07, 6.45) is 0.907. The fraction of sp³-hybridized carbons (Fsp3) is 0.176. The summed E-state index contributed by atoms with van der Waals surface area (Å²) in [6.45, 7) is 1.53. The number of nitrogens with one attached hydrogen (secondary N) is 2. The van der Waals surface area contributed by atoms with Crippen molar-refractivity contribution in [1.29, 1.82) is 0 Å². The minimum Gasteiger partial charge on any atom is -0.378 e. The Labute approximate surface area is 136 Å². The predicted molar refractivity (Wildman–Crippen MR) is 96.7 cm³/mol. The van der Waals surface area contributed by atoms with Crippen molar-refractivity contribution in [3.05, 3.63) is 70.8 Å². The average Bonchev–Trinajstić information content (AvgIpc) is 2.53. The van der Waals surface area contributed by atoms with Gasteiger partial charge in [0.05, 0.1) is 11.0 Å². The number of benzene rings is 2. The first-order valence-corrected chi connectivity index (χ1v) is 7.77. The van der Waals surface area contributed by atoms with Crippen LogP contribution >= 0.6 is 24.4 Å². The zero-order valence-electron chi connectivity index (χ0n) is 11.7. The summed E-state index contributed by atoms with van der Waals surface area (Å²) < 4.78 is 0. The molecule has 0 aliphatic rings. The molecule has 0 aliphatic heterocycles. The highest BCUT2D eigenvalue weighted by Crippen LogP contribution is 2.17. The maximum absolute atomic E-state index is 4.84. The molecule has 0 radical (unpaired) electrons. The summed E-state index contributed by atoms with van der Waals surface area (Å²) in [5, 5.41) is 6.20. The summed E-state index contributed by atoms with van der Waals surface area (Å²) in [4.78, 5) is 0. The standard InChI is InChI=1S/C17H18N2S2/c20-12-18-10-16-7-3-1-5-14(16)9-15-6-2-4-8-17(15)11-19-13-21/h1-8,12-13H,9-11H2,(H,18,20)(H,19,21). The Bertz CT molecular complexity index is 558. The van der Waals surface area contributed by atoms with Crippen LogP contribution in [0.15, 0.2) is 48.5 Å². The third-order valence-corrected chi connectivity index (χ3v) is 3.70. The molecule has 108 valence electrons. The van der Waals surface area contributed by atoms with E-state index in [1.165, 1.54) is 22.3 Å². The van der Waals surface area contributed by atoms with Gasteiger partial charge >= 0.3 is 0 Å². The van der Waals surface area contributed by atoms with Crippen molar-refractivity contribution in [3.8, 4) is 0 Å². The highest BCUT2D eigenvalue weighted by molar-refractivity contribution is 7.79. The maximum atomic E-state index is 4.84. The normalized spacial score (nSPS) is 9.90. The van der Waals surface area contributed by atoms with Gasteiger partial charge in [0.25, 0.3) is 0 Å². The Morgan fingerprint density at radius 1 is 0.667 bits per heavy atom. The summed E-state index contributed by atoms with van der Waals surface area (Å²) >= 11 is 9.67. The average molecular weight is 314 g/mol. The Morgan fingerprint density at radius 3 is 1.43 bits per heavy atom. The van der Waals surface area contributed by atoms with Gasteiger partial charge < -0.3 is 10.6 Å². The van der Waals surface area contributed by atoms with Crippen molar-refractivity contribution in [2.45, 2.75) is 19.5 Å². The molecule has 0 unspecified atom stereocenters. The summed E-state index contributed by atoms with van der Waals surface area (Å²) in [5.41, 5.74) is 8.31. The molecule has 2 aromatic rings. The number of hydrogen-bond donors (Lipinski definition) is 2. The van der Waals surface area contributed by atoms with Gasteiger partial charge in [-0.1, -0.05) is 73.0 Å². The highest BCUT2D eigenvalue weighted by Gasteiger charge is 2.06. The van der Waals surface area contributed by atoms with Crippen molar-refractivity contribution in [2.24, 2.45) is 0 Å². The molecule has 0 aliphatic carbocycles. The van der Waals surface area contributed by atoms with Crippen molar-refractivity contribution in [2.75, 3.05) is 0 Å².